The molecule has 0 unspecified atom stereocenters. The third-order valence-corrected chi connectivity index (χ3v) is 3.18. The number of benzene rings is 1. The summed E-state index contributed by atoms with van der Waals surface area (Å²) >= 11 is 0. The molecular formula is C15H15N3. The Bertz CT molecular complexity index is 561. The molecule has 90 valence electrons. The van der Waals surface area contributed by atoms with Gasteiger partial charge in [-0.1, -0.05) is 18.2 Å². The van der Waals surface area contributed by atoms with Crippen molar-refractivity contribution < 1.29 is 0 Å². The van der Waals surface area contributed by atoms with Crippen LogP contribution in [0.1, 0.15) is 23.1 Å². The Morgan fingerprint density at radius 3 is 2.94 bits per heavy atom. The Labute approximate surface area is 107 Å². The van der Waals surface area contributed by atoms with E-state index in [9.17, 15) is 0 Å². The highest BCUT2D eigenvalue weighted by molar-refractivity contribution is 5.80. The highest BCUT2D eigenvalue weighted by Gasteiger charge is 2.09. The number of aryl methyl sites for hydroxylation is 2. The van der Waals surface area contributed by atoms with Gasteiger partial charge in [0.15, 0.2) is 0 Å². The summed E-state index contributed by atoms with van der Waals surface area (Å²) in [6, 6.07) is 12.3. The van der Waals surface area contributed by atoms with Crippen LogP contribution in [0.2, 0.25) is 0 Å². The third kappa shape index (κ3) is 2.40. The fourth-order valence-corrected chi connectivity index (χ4v) is 2.27. The molecule has 1 aromatic heterocycles. The number of hydrazone groups is 1. The van der Waals surface area contributed by atoms with E-state index >= 15 is 0 Å². The molecule has 0 saturated heterocycles. The molecule has 1 aliphatic carbocycles. The van der Waals surface area contributed by atoms with E-state index < -0.39 is 0 Å². The summed E-state index contributed by atoms with van der Waals surface area (Å²) in [7, 11) is 0. The maximum atomic E-state index is 4.20. The molecule has 0 amide bonds. The van der Waals surface area contributed by atoms with E-state index in [-0.39, 0.29) is 0 Å². The summed E-state index contributed by atoms with van der Waals surface area (Å²) in [6.45, 7) is 0. The summed E-state index contributed by atoms with van der Waals surface area (Å²) in [4.78, 5) is 4.14. The number of nitrogens with zero attached hydrogens (tertiary/aromatic N) is 2. The average Bonchev–Trinajstić information content (AvgIpc) is 2.87. The topological polar surface area (TPSA) is 37.3 Å². The molecule has 0 radical (unpaired) electrons. The lowest BCUT2D eigenvalue weighted by atomic mass is 10.1. The van der Waals surface area contributed by atoms with Gasteiger partial charge in [0.05, 0.1) is 6.21 Å². The van der Waals surface area contributed by atoms with Gasteiger partial charge in [-0.25, -0.2) is 4.98 Å². The predicted molar refractivity (Wildman–Crippen MR) is 73.9 cm³/mol. The molecule has 0 spiro atoms. The first kappa shape index (κ1) is 11.0. The summed E-state index contributed by atoms with van der Waals surface area (Å²) in [5, 5.41) is 4.20. The van der Waals surface area contributed by atoms with E-state index in [4.69, 9.17) is 0 Å². The van der Waals surface area contributed by atoms with Crippen LogP contribution >= 0.6 is 0 Å². The Morgan fingerprint density at radius 2 is 2.06 bits per heavy atom. The van der Waals surface area contributed by atoms with Gasteiger partial charge in [0, 0.05) is 6.20 Å². The van der Waals surface area contributed by atoms with E-state index in [0.29, 0.717) is 0 Å². The van der Waals surface area contributed by atoms with E-state index in [0.717, 1.165) is 11.4 Å². The van der Waals surface area contributed by atoms with Crippen molar-refractivity contribution in [2.24, 2.45) is 5.10 Å². The number of anilines is 1. The minimum Gasteiger partial charge on any atom is -0.261 e. The van der Waals surface area contributed by atoms with Crippen molar-refractivity contribution in [2.45, 2.75) is 19.3 Å². The van der Waals surface area contributed by atoms with E-state index in [1.54, 1.807) is 6.20 Å². The molecule has 0 aliphatic heterocycles. The van der Waals surface area contributed by atoms with Crippen molar-refractivity contribution in [1.29, 1.82) is 0 Å². The van der Waals surface area contributed by atoms with Crippen LogP contribution in [0.25, 0.3) is 0 Å². The van der Waals surface area contributed by atoms with Crippen molar-refractivity contribution in [3.05, 3.63) is 59.3 Å². The number of pyridine rings is 1. The molecule has 1 heterocycles. The molecule has 0 atom stereocenters. The zero-order valence-corrected chi connectivity index (χ0v) is 10.1. The molecule has 3 heteroatoms. The Hall–Kier alpha value is -2.16. The highest BCUT2D eigenvalue weighted by Crippen LogP contribution is 2.22. The third-order valence-electron chi connectivity index (χ3n) is 3.18. The smallest absolute Gasteiger partial charge is 0.146 e. The van der Waals surface area contributed by atoms with Crippen molar-refractivity contribution in [2.75, 3.05) is 5.43 Å². The summed E-state index contributed by atoms with van der Waals surface area (Å²) in [5.41, 5.74) is 7.02. The minimum atomic E-state index is 0.759. The molecule has 1 aliphatic rings. The fourth-order valence-electron chi connectivity index (χ4n) is 2.27. The Balaban J connectivity index is 1.69. The molecule has 1 N–H and O–H groups in total. The molecular weight excluding hydrogens is 222 g/mol. The van der Waals surface area contributed by atoms with Crippen LogP contribution in [0.3, 0.4) is 0 Å². The normalized spacial score (nSPS) is 13.8. The maximum absolute atomic E-state index is 4.20. The van der Waals surface area contributed by atoms with Crippen LogP contribution in [0, 0.1) is 0 Å². The monoisotopic (exact) mass is 237 g/mol. The summed E-state index contributed by atoms with van der Waals surface area (Å²) < 4.78 is 0. The number of hydrogen-bond donors (Lipinski definition) is 1. The van der Waals surface area contributed by atoms with Gasteiger partial charge in [-0.2, -0.15) is 5.10 Å². The maximum Gasteiger partial charge on any atom is 0.146 e. The van der Waals surface area contributed by atoms with E-state index in [1.165, 1.54) is 30.4 Å². The highest BCUT2D eigenvalue weighted by atomic mass is 15.3. The Kier molecular flexibility index (Phi) is 3.05. The average molecular weight is 237 g/mol. The second-order valence-corrected chi connectivity index (χ2v) is 4.47. The zero-order valence-electron chi connectivity index (χ0n) is 10.1. The second-order valence-electron chi connectivity index (χ2n) is 4.47. The van der Waals surface area contributed by atoms with Crippen LogP contribution in [0.5, 0.6) is 0 Å². The van der Waals surface area contributed by atoms with Gasteiger partial charge in [0.2, 0.25) is 0 Å². The van der Waals surface area contributed by atoms with Crippen LogP contribution in [0.15, 0.2) is 47.7 Å². The number of hydrogen-bond acceptors (Lipinski definition) is 3. The molecule has 0 saturated carbocycles. The van der Waals surface area contributed by atoms with Crippen LogP contribution in [-0.4, -0.2) is 11.2 Å². The van der Waals surface area contributed by atoms with Gasteiger partial charge in [-0.3, -0.25) is 5.43 Å². The number of nitrogens with one attached hydrogen (secondary N) is 1. The van der Waals surface area contributed by atoms with Gasteiger partial charge < -0.3 is 0 Å². The molecule has 0 bridgehead atoms. The number of rotatable bonds is 3. The largest absolute Gasteiger partial charge is 0.261 e. The predicted octanol–water partition coefficient (Wildman–Crippen LogP) is 3.02. The van der Waals surface area contributed by atoms with Gasteiger partial charge in [0.1, 0.15) is 5.82 Å². The minimum absolute atomic E-state index is 0.759. The van der Waals surface area contributed by atoms with Gasteiger partial charge in [-0.15, -0.1) is 0 Å². The van der Waals surface area contributed by atoms with E-state index in [1.807, 2.05) is 24.4 Å². The lowest BCUT2D eigenvalue weighted by Crippen LogP contribution is -1.93. The molecule has 3 nitrogen and oxygen atoms in total. The van der Waals surface area contributed by atoms with Crippen LogP contribution < -0.4 is 5.43 Å². The van der Waals surface area contributed by atoms with Gasteiger partial charge >= 0.3 is 0 Å². The van der Waals surface area contributed by atoms with Gasteiger partial charge in [-0.05, 0) is 54.2 Å². The zero-order chi connectivity index (χ0) is 12.2. The first-order valence-corrected chi connectivity index (χ1v) is 6.24. The molecule has 3 rings (SSSR count). The van der Waals surface area contributed by atoms with E-state index in [2.05, 4.69) is 33.7 Å². The summed E-state index contributed by atoms with van der Waals surface area (Å²) in [5.74, 6) is 0.759. The van der Waals surface area contributed by atoms with Crippen molar-refractivity contribution in [3.63, 3.8) is 0 Å². The van der Waals surface area contributed by atoms with Crippen molar-refractivity contribution >= 4 is 12.0 Å². The van der Waals surface area contributed by atoms with Crippen LogP contribution in [0.4, 0.5) is 5.82 Å². The second kappa shape index (κ2) is 5.00. The first-order chi connectivity index (χ1) is 8.92. The molecule has 1 aromatic carbocycles. The molecule has 18 heavy (non-hydrogen) atoms. The number of fused-ring (bicyclic) bond motifs is 1. The lowest BCUT2D eigenvalue weighted by molar-refractivity contribution is 0.912. The first-order valence-electron chi connectivity index (χ1n) is 6.24. The lowest BCUT2D eigenvalue weighted by Gasteiger charge is -2.01. The van der Waals surface area contributed by atoms with Gasteiger partial charge in [0.25, 0.3) is 0 Å². The molecule has 0 fully saturated rings. The fraction of sp³-hybridized carbons (Fsp3) is 0.200. The number of aromatic nitrogens is 1. The molecule has 2 aromatic rings. The summed E-state index contributed by atoms with van der Waals surface area (Å²) in [6.07, 6.45) is 7.28. The standard InChI is InChI=1S/C15H15N3/c1-2-9-16-15(6-1)18-17-11-12-7-8-13-4-3-5-14(13)10-12/h1-2,6-11H,3-5H2,(H,16,18)/b17-11-. The quantitative estimate of drug-likeness (QED) is 0.658. The Morgan fingerprint density at radius 1 is 1.11 bits per heavy atom. The van der Waals surface area contributed by atoms with Crippen molar-refractivity contribution in [1.82, 2.24) is 4.98 Å². The SMILES string of the molecule is C(=N/Nc1ccccn1)/c1ccc2c(c1)CCC2. The van der Waals surface area contributed by atoms with Crippen molar-refractivity contribution in [3.8, 4) is 0 Å². The van der Waals surface area contributed by atoms with Crippen LogP contribution in [-0.2, 0) is 12.8 Å².